The van der Waals surface area contributed by atoms with Crippen LogP contribution in [0.25, 0.3) is 66.1 Å². The Morgan fingerprint density at radius 3 is 1.50 bits per heavy atom. The van der Waals surface area contributed by atoms with Gasteiger partial charge in [-0.15, -0.1) is 0 Å². The van der Waals surface area contributed by atoms with Crippen LogP contribution in [0.15, 0.2) is 192 Å². The summed E-state index contributed by atoms with van der Waals surface area (Å²) in [7, 11) is 0. The minimum atomic E-state index is 0.869. The molecule has 0 spiro atoms. The average molecular weight is 614 g/mol. The zero-order valence-corrected chi connectivity index (χ0v) is 26.3. The first-order chi connectivity index (χ1) is 23.8. The topological polar surface area (TPSA) is 16.4 Å². The maximum atomic E-state index is 6.18. The predicted octanol–water partition coefficient (Wildman–Crippen LogP) is 13.2. The van der Waals surface area contributed by atoms with Crippen molar-refractivity contribution in [3.63, 3.8) is 0 Å². The third-order valence-electron chi connectivity index (χ3n) is 9.27. The molecule has 2 heteroatoms. The molecule has 0 saturated heterocycles. The highest BCUT2D eigenvalue weighted by atomic mass is 16.3. The molecule has 0 aliphatic rings. The summed E-state index contributed by atoms with van der Waals surface area (Å²) in [6.07, 6.45) is 0. The standard InChI is InChI=1S/C46H31NO/c1-2-10-32(11-3-1)33-18-24-38(25-19-33)47(40-28-22-35(23-29-40)46-31-37-13-5-9-17-45(37)48-46)39-26-20-34(21-27-39)44-30-36-12-4-6-14-41(36)42-15-7-8-16-43(42)44/h1-31H. The molecule has 0 saturated carbocycles. The van der Waals surface area contributed by atoms with Gasteiger partial charge in [0.25, 0.3) is 0 Å². The molecule has 0 unspecified atom stereocenters. The predicted molar refractivity (Wildman–Crippen MR) is 202 cm³/mol. The van der Waals surface area contributed by atoms with Crippen LogP contribution < -0.4 is 4.90 Å². The van der Waals surface area contributed by atoms with E-state index in [2.05, 4.69) is 175 Å². The van der Waals surface area contributed by atoms with Gasteiger partial charge >= 0.3 is 0 Å². The summed E-state index contributed by atoms with van der Waals surface area (Å²) in [5, 5.41) is 6.18. The highest BCUT2D eigenvalue weighted by Crippen LogP contribution is 2.40. The molecule has 0 atom stereocenters. The number of anilines is 3. The van der Waals surface area contributed by atoms with Crippen molar-refractivity contribution in [2.45, 2.75) is 0 Å². The molecular formula is C46H31NO. The molecule has 8 aromatic carbocycles. The van der Waals surface area contributed by atoms with Gasteiger partial charge in [0.05, 0.1) is 0 Å². The lowest BCUT2D eigenvalue weighted by molar-refractivity contribution is 0.631. The van der Waals surface area contributed by atoms with E-state index in [1.165, 1.54) is 43.8 Å². The van der Waals surface area contributed by atoms with Crippen LogP contribution in [0.4, 0.5) is 17.1 Å². The van der Waals surface area contributed by atoms with Gasteiger partial charge < -0.3 is 9.32 Å². The SMILES string of the molecule is c1ccc(-c2ccc(N(c3ccc(-c4cc5ccccc5o4)cc3)c3ccc(-c4cc5ccccc5c5ccccc45)cc3)cc2)cc1. The summed E-state index contributed by atoms with van der Waals surface area (Å²) >= 11 is 0. The van der Waals surface area contributed by atoms with Gasteiger partial charge in [-0.3, -0.25) is 0 Å². The van der Waals surface area contributed by atoms with Crippen LogP contribution in [-0.4, -0.2) is 0 Å². The Hall–Kier alpha value is -6.38. The van der Waals surface area contributed by atoms with Crippen LogP contribution in [0.3, 0.4) is 0 Å². The van der Waals surface area contributed by atoms with Crippen LogP contribution in [0.1, 0.15) is 0 Å². The van der Waals surface area contributed by atoms with Crippen molar-refractivity contribution >= 4 is 49.6 Å². The number of para-hydroxylation sites is 1. The second kappa shape index (κ2) is 11.8. The van der Waals surface area contributed by atoms with Gasteiger partial charge in [-0.05, 0) is 111 Å². The summed E-state index contributed by atoms with van der Waals surface area (Å²) in [5.41, 5.74) is 10.0. The fourth-order valence-electron chi connectivity index (χ4n) is 6.86. The Bertz CT molecular complexity index is 2490. The molecular weight excluding hydrogens is 583 g/mol. The van der Waals surface area contributed by atoms with E-state index in [4.69, 9.17) is 4.42 Å². The van der Waals surface area contributed by atoms with Crippen molar-refractivity contribution < 1.29 is 4.42 Å². The minimum Gasteiger partial charge on any atom is -0.456 e. The second-order valence-corrected chi connectivity index (χ2v) is 12.2. The minimum absolute atomic E-state index is 0.869. The lowest BCUT2D eigenvalue weighted by Crippen LogP contribution is -2.09. The van der Waals surface area contributed by atoms with Crippen molar-refractivity contribution in [2.75, 3.05) is 4.90 Å². The summed E-state index contributed by atoms with van der Waals surface area (Å²) in [6, 6.07) is 66.9. The summed E-state index contributed by atoms with van der Waals surface area (Å²) in [6.45, 7) is 0. The first-order valence-electron chi connectivity index (χ1n) is 16.3. The summed E-state index contributed by atoms with van der Waals surface area (Å²) in [4.78, 5) is 2.32. The molecule has 1 heterocycles. The van der Waals surface area contributed by atoms with Crippen molar-refractivity contribution in [2.24, 2.45) is 0 Å². The van der Waals surface area contributed by atoms with Crippen LogP contribution in [0, 0.1) is 0 Å². The van der Waals surface area contributed by atoms with Gasteiger partial charge in [0.2, 0.25) is 0 Å². The van der Waals surface area contributed by atoms with Crippen LogP contribution >= 0.6 is 0 Å². The average Bonchev–Trinajstić information content (AvgIpc) is 3.61. The zero-order chi connectivity index (χ0) is 31.9. The van der Waals surface area contributed by atoms with Crippen molar-refractivity contribution in [1.29, 1.82) is 0 Å². The first-order valence-corrected chi connectivity index (χ1v) is 16.3. The molecule has 0 aliphatic heterocycles. The van der Waals surface area contributed by atoms with Crippen molar-refractivity contribution in [1.82, 2.24) is 0 Å². The van der Waals surface area contributed by atoms with Crippen LogP contribution in [0.5, 0.6) is 0 Å². The largest absolute Gasteiger partial charge is 0.456 e. The Morgan fingerprint density at radius 1 is 0.333 bits per heavy atom. The van der Waals surface area contributed by atoms with Crippen molar-refractivity contribution in [3.05, 3.63) is 188 Å². The summed E-state index contributed by atoms with van der Waals surface area (Å²) in [5.74, 6) is 0.869. The van der Waals surface area contributed by atoms with Gasteiger partial charge in [0.1, 0.15) is 11.3 Å². The summed E-state index contributed by atoms with van der Waals surface area (Å²) < 4.78 is 6.18. The molecule has 0 amide bonds. The maximum absolute atomic E-state index is 6.18. The molecule has 1 aromatic heterocycles. The lowest BCUT2D eigenvalue weighted by Gasteiger charge is -2.26. The van der Waals surface area contributed by atoms with Gasteiger partial charge in [-0.25, -0.2) is 0 Å². The second-order valence-electron chi connectivity index (χ2n) is 12.2. The molecule has 9 aromatic rings. The Labute approximate surface area is 279 Å². The Kier molecular flexibility index (Phi) is 6.84. The lowest BCUT2D eigenvalue weighted by atomic mass is 9.93. The van der Waals surface area contributed by atoms with Crippen LogP contribution in [-0.2, 0) is 0 Å². The van der Waals surface area contributed by atoms with E-state index in [0.29, 0.717) is 0 Å². The fraction of sp³-hybridized carbons (Fsp3) is 0. The van der Waals surface area contributed by atoms with E-state index in [0.717, 1.165) is 39.4 Å². The van der Waals surface area contributed by atoms with Crippen LogP contribution in [0.2, 0.25) is 0 Å². The number of hydrogen-bond donors (Lipinski definition) is 0. The van der Waals surface area contributed by atoms with E-state index in [-0.39, 0.29) is 0 Å². The molecule has 0 N–H and O–H groups in total. The zero-order valence-electron chi connectivity index (χ0n) is 26.3. The van der Waals surface area contributed by atoms with Gasteiger partial charge in [0, 0.05) is 28.0 Å². The molecule has 9 rings (SSSR count). The Morgan fingerprint density at radius 2 is 0.833 bits per heavy atom. The number of benzene rings is 8. The third-order valence-corrected chi connectivity index (χ3v) is 9.27. The van der Waals surface area contributed by atoms with Gasteiger partial charge in [-0.1, -0.05) is 121 Å². The quantitative estimate of drug-likeness (QED) is 0.174. The molecule has 2 nitrogen and oxygen atoms in total. The molecule has 48 heavy (non-hydrogen) atoms. The highest BCUT2D eigenvalue weighted by molar-refractivity contribution is 6.13. The van der Waals surface area contributed by atoms with E-state index in [1.807, 2.05) is 18.2 Å². The molecule has 0 aliphatic carbocycles. The van der Waals surface area contributed by atoms with E-state index < -0.39 is 0 Å². The monoisotopic (exact) mass is 613 g/mol. The molecule has 0 fully saturated rings. The molecule has 226 valence electrons. The molecule has 0 radical (unpaired) electrons. The third kappa shape index (κ3) is 5.01. The normalized spacial score (nSPS) is 11.3. The number of furan rings is 1. The maximum Gasteiger partial charge on any atom is 0.135 e. The van der Waals surface area contributed by atoms with E-state index in [9.17, 15) is 0 Å². The van der Waals surface area contributed by atoms with E-state index >= 15 is 0 Å². The van der Waals surface area contributed by atoms with Gasteiger partial charge in [-0.2, -0.15) is 0 Å². The fourth-order valence-corrected chi connectivity index (χ4v) is 6.86. The van der Waals surface area contributed by atoms with Crippen molar-refractivity contribution in [3.8, 4) is 33.6 Å². The number of fused-ring (bicyclic) bond motifs is 4. The first kappa shape index (κ1) is 27.9. The van der Waals surface area contributed by atoms with Gasteiger partial charge in [0.15, 0.2) is 0 Å². The smallest absolute Gasteiger partial charge is 0.135 e. The number of rotatable bonds is 6. The number of hydrogen-bond acceptors (Lipinski definition) is 2. The highest BCUT2D eigenvalue weighted by Gasteiger charge is 2.15. The van der Waals surface area contributed by atoms with E-state index in [1.54, 1.807) is 0 Å². The number of nitrogens with zero attached hydrogens (tertiary/aromatic N) is 1. The molecule has 0 bridgehead atoms. The Balaban J connectivity index is 1.12.